The van der Waals surface area contributed by atoms with Gasteiger partial charge < -0.3 is 10.1 Å². The van der Waals surface area contributed by atoms with E-state index in [9.17, 15) is 4.79 Å². The zero-order chi connectivity index (χ0) is 20.1. The number of piperidine rings is 1. The molecule has 1 fully saturated rings. The lowest BCUT2D eigenvalue weighted by atomic mass is 9.95. The number of benzene rings is 2. The van der Waals surface area contributed by atoms with Crippen LogP contribution in [-0.4, -0.2) is 40.8 Å². The number of carbonyl (C=O) groups excluding carboxylic acids is 1. The van der Waals surface area contributed by atoms with Gasteiger partial charge in [0.05, 0.1) is 24.2 Å². The summed E-state index contributed by atoms with van der Waals surface area (Å²) in [5.41, 5.74) is 2.84. The predicted octanol–water partition coefficient (Wildman–Crippen LogP) is 3.73. The number of hydrogen-bond acceptors (Lipinski definition) is 4. The summed E-state index contributed by atoms with van der Waals surface area (Å²) in [4.78, 5) is 15.0. The van der Waals surface area contributed by atoms with Gasteiger partial charge in [-0.1, -0.05) is 30.3 Å². The predicted molar refractivity (Wildman–Crippen MR) is 113 cm³/mol. The minimum atomic E-state index is 0.0260. The molecule has 2 aromatic carbocycles. The van der Waals surface area contributed by atoms with Gasteiger partial charge in [-0.15, -0.1) is 0 Å². The molecule has 150 valence electrons. The van der Waals surface area contributed by atoms with Crippen molar-refractivity contribution in [3.05, 3.63) is 72.6 Å². The van der Waals surface area contributed by atoms with Gasteiger partial charge in [0.25, 0.3) is 0 Å². The number of rotatable bonds is 6. The van der Waals surface area contributed by atoms with Crippen molar-refractivity contribution >= 4 is 11.6 Å². The number of amides is 1. The van der Waals surface area contributed by atoms with Gasteiger partial charge in [-0.25, -0.2) is 4.68 Å². The van der Waals surface area contributed by atoms with Crippen LogP contribution in [0.5, 0.6) is 5.75 Å². The molecule has 3 aromatic rings. The van der Waals surface area contributed by atoms with Crippen LogP contribution in [0.4, 0.5) is 5.69 Å². The van der Waals surface area contributed by atoms with Crippen LogP contribution in [0.1, 0.15) is 18.5 Å². The molecular weight excluding hydrogens is 364 g/mol. The smallest absolute Gasteiger partial charge is 0.227 e. The molecule has 0 saturated carbocycles. The Morgan fingerprint density at radius 1 is 1.07 bits per heavy atom. The molecule has 1 aliphatic rings. The fourth-order valence-electron chi connectivity index (χ4n) is 3.74. The van der Waals surface area contributed by atoms with Crippen LogP contribution in [0.3, 0.4) is 0 Å². The first-order valence-corrected chi connectivity index (χ1v) is 9.99. The summed E-state index contributed by atoms with van der Waals surface area (Å²) in [6.07, 6.45) is 3.69. The quantitative estimate of drug-likeness (QED) is 0.697. The second kappa shape index (κ2) is 8.92. The Labute approximate surface area is 171 Å². The molecule has 2 heterocycles. The minimum absolute atomic E-state index is 0.0260. The third-order valence-corrected chi connectivity index (χ3v) is 5.37. The lowest BCUT2D eigenvalue weighted by Crippen LogP contribution is -2.37. The van der Waals surface area contributed by atoms with Gasteiger partial charge in [-0.2, -0.15) is 5.10 Å². The van der Waals surface area contributed by atoms with Crippen LogP contribution in [0.25, 0.3) is 5.69 Å². The summed E-state index contributed by atoms with van der Waals surface area (Å²) in [7, 11) is 1.61. The summed E-state index contributed by atoms with van der Waals surface area (Å²) < 4.78 is 7.22. The van der Waals surface area contributed by atoms with E-state index in [0.29, 0.717) is 5.75 Å². The average molecular weight is 390 g/mol. The van der Waals surface area contributed by atoms with E-state index in [1.54, 1.807) is 7.11 Å². The number of likely N-dealkylation sites (tertiary alicyclic amines) is 1. The number of para-hydroxylation sites is 3. The Hall–Kier alpha value is -3.12. The first-order chi connectivity index (χ1) is 14.2. The van der Waals surface area contributed by atoms with Crippen molar-refractivity contribution in [3.8, 4) is 11.4 Å². The standard InChI is InChI=1S/C23H26N4O2/c1-29-22-10-6-5-9-21(22)24-23(28)18-11-14-26(15-12-18)17-19-13-16-27(25-19)20-7-3-2-4-8-20/h2-10,13,16,18H,11-12,14-15,17H2,1H3,(H,24,28). The van der Waals surface area contributed by atoms with E-state index in [-0.39, 0.29) is 11.8 Å². The van der Waals surface area contributed by atoms with E-state index in [0.717, 1.165) is 49.5 Å². The fourth-order valence-corrected chi connectivity index (χ4v) is 3.74. The highest BCUT2D eigenvalue weighted by atomic mass is 16.5. The maximum Gasteiger partial charge on any atom is 0.227 e. The number of nitrogens with one attached hydrogen (secondary N) is 1. The average Bonchev–Trinajstić information content (AvgIpc) is 3.24. The third kappa shape index (κ3) is 4.66. The van der Waals surface area contributed by atoms with Crippen molar-refractivity contribution in [2.45, 2.75) is 19.4 Å². The van der Waals surface area contributed by atoms with E-state index in [1.807, 2.05) is 65.5 Å². The van der Waals surface area contributed by atoms with Crippen LogP contribution in [0, 0.1) is 5.92 Å². The second-order valence-electron chi connectivity index (χ2n) is 7.33. The number of aromatic nitrogens is 2. The molecule has 6 heteroatoms. The van der Waals surface area contributed by atoms with Crippen molar-refractivity contribution in [2.24, 2.45) is 5.92 Å². The number of anilines is 1. The molecule has 4 rings (SSSR count). The van der Waals surface area contributed by atoms with E-state index in [4.69, 9.17) is 4.74 Å². The largest absolute Gasteiger partial charge is 0.495 e. The van der Waals surface area contributed by atoms with Crippen molar-refractivity contribution in [2.75, 3.05) is 25.5 Å². The van der Waals surface area contributed by atoms with Crippen LogP contribution in [-0.2, 0) is 11.3 Å². The summed E-state index contributed by atoms with van der Waals surface area (Å²) in [6, 6.07) is 19.7. The molecule has 0 radical (unpaired) electrons. The Bertz CT molecular complexity index is 946. The monoisotopic (exact) mass is 390 g/mol. The molecule has 0 spiro atoms. The molecule has 1 aromatic heterocycles. The van der Waals surface area contributed by atoms with E-state index in [2.05, 4.69) is 21.4 Å². The zero-order valence-corrected chi connectivity index (χ0v) is 16.6. The number of carbonyl (C=O) groups is 1. The molecule has 0 aliphatic carbocycles. The molecule has 0 atom stereocenters. The first-order valence-electron chi connectivity index (χ1n) is 9.99. The highest BCUT2D eigenvalue weighted by Crippen LogP contribution is 2.26. The summed E-state index contributed by atoms with van der Waals surface area (Å²) in [5.74, 6) is 0.785. The van der Waals surface area contributed by atoms with Crippen LogP contribution in [0.15, 0.2) is 66.9 Å². The van der Waals surface area contributed by atoms with Crippen molar-refractivity contribution in [3.63, 3.8) is 0 Å². The van der Waals surface area contributed by atoms with E-state index in [1.165, 1.54) is 0 Å². The first kappa shape index (κ1) is 19.2. The molecule has 6 nitrogen and oxygen atoms in total. The van der Waals surface area contributed by atoms with Gasteiger partial charge in [-0.05, 0) is 56.3 Å². The van der Waals surface area contributed by atoms with E-state index >= 15 is 0 Å². The Morgan fingerprint density at radius 2 is 1.79 bits per heavy atom. The summed E-state index contributed by atoms with van der Waals surface area (Å²) in [5, 5.41) is 7.70. The normalized spacial score (nSPS) is 15.2. The number of methoxy groups -OCH3 is 1. The molecule has 29 heavy (non-hydrogen) atoms. The molecule has 0 bridgehead atoms. The summed E-state index contributed by atoms with van der Waals surface area (Å²) >= 11 is 0. The Morgan fingerprint density at radius 3 is 2.55 bits per heavy atom. The molecule has 0 unspecified atom stereocenters. The van der Waals surface area contributed by atoms with Crippen LogP contribution >= 0.6 is 0 Å². The van der Waals surface area contributed by atoms with Crippen LogP contribution in [0.2, 0.25) is 0 Å². The SMILES string of the molecule is COc1ccccc1NC(=O)C1CCN(Cc2ccn(-c3ccccc3)n2)CC1. The Kier molecular flexibility index (Phi) is 5.91. The summed E-state index contributed by atoms with van der Waals surface area (Å²) in [6.45, 7) is 2.59. The maximum atomic E-state index is 12.7. The van der Waals surface area contributed by atoms with Gasteiger partial charge in [-0.3, -0.25) is 9.69 Å². The van der Waals surface area contributed by atoms with Crippen molar-refractivity contribution in [1.29, 1.82) is 0 Å². The van der Waals surface area contributed by atoms with Crippen molar-refractivity contribution in [1.82, 2.24) is 14.7 Å². The number of ether oxygens (including phenoxy) is 1. The fraction of sp³-hybridized carbons (Fsp3) is 0.304. The highest BCUT2D eigenvalue weighted by molar-refractivity contribution is 5.94. The second-order valence-corrected chi connectivity index (χ2v) is 7.33. The molecular formula is C23H26N4O2. The zero-order valence-electron chi connectivity index (χ0n) is 16.6. The molecule has 1 N–H and O–H groups in total. The van der Waals surface area contributed by atoms with Gasteiger partial charge in [0, 0.05) is 18.7 Å². The highest BCUT2D eigenvalue weighted by Gasteiger charge is 2.26. The Balaban J connectivity index is 1.29. The lowest BCUT2D eigenvalue weighted by Gasteiger charge is -2.30. The van der Waals surface area contributed by atoms with E-state index < -0.39 is 0 Å². The topological polar surface area (TPSA) is 59.4 Å². The molecule has 1 aliphatic heterocycles. The van der Waals surface area contributed by atoms with Gasteiger partial charge in [0.1, 0.15) is 5.75 Å². The maximum absolute atomic E-state index is 12.7. The lowest BCUT2D eigenvalue weighted by molar-refractivity contribution is -0.121. The van der Waals surface area contributed by atoms with Crippen LogP contribution < -0.4 is 10.1 Å². The molecule has 1 saturated heterocycles. The number of nitrogens with zero attached hydrogens (tertiary/aromatic N) is 3. The molecule has 1 amide bonds. The van der Waals surface area contributed by atoms with Gasteiger partial charge in [0.15, 0.2) is 0 Å². The van der Waals surface area contributed by atoms with Gasteiger partial charge in [0.2, 0.25) is 5.91 Å². The minimum Gasteiger partial charge on any atom is -0.495 e. The van der Waals surface area contributed by atoms with Gasteiger partial charge >= 0.3 is 0 Å². The number of hydrogen-bond donors (Lipinski definition) is 1. The third-order valence-electron chi connectivity index (χ3n) is 5.37. The van der Waals surface area contributed by atoms with Crippen molar-refractivity contribution < 1.29 is 9.53 Å².